The molecule has 1 amide bonds. The molecular formula is C14H17FN2O3. The number of carbonyl (C=O) groups is 2. The van der Waals surface area contributed by atoms with E-state index in [1.165, 1.54) is 12.1 Å². The van der Waals surface area contributed by atoms with Crippen molar-refractivity contribution in [2.75, 3.05) is 18.4 Å². The molecule has 3 N–H and O–H groups in total. The van der Waals surface area contributed by atoms with Crippen LogP contribution in [-0.2, 0) is 4.79 Å². The van der Waals surface area contributed by atoms with E-state index in [2.05, 4.69) is 10.6 Å². The van der Waals surface area contributed by atoms with Crippen LogP contribution in [0, 0.1) is 11.7 Å². The van der Waals surface area contributed by atoms with E-state index in [0.717, 1.165) is 32.0 Å². The van der Waals surface area contributed by atoms with Crippen LogP contribution in [0.25, 0.3) is 0 Å². The normalized spacial score (nSPS) is 15.8. The van der Waals surface area contributed by atoms with Crippen LogP contribution in [0.3, 0.4) is 0 Å². The molecule has 2 rings (SSSR count). The quantitative estimate of drug-likeness (QED) is 0.786. The van der Waals surface area contributed by atoms with Gasteiger partial charge in [-0.1, -0.05) is 6.07 Å². The Labute approximate surface area is 116 Å². The first-order valence-corrected chi connectivity index (χ1v) is 6.60. The molecule has 0 unspecified atom stereocenters. The fourth-order valence-electron chi connectivity index (χ4n) is 2.39. The lowest BCUT2D eigenvalue weighted by molar-refractivity contribution is -0.117. The number of hydrogen-bond acceptors (Lipinski definition) is 3. The number of carboxylic acids is 1. The Morgan fingerprint density at radius 3 is 2.70 bits per heavy atom. The minimum atomic E-state index is -1.39. The molecule has 0 saturated carbocycles. The van der Waals surface area contributed by atoms with Crippen LogP contribution >= 0.6 is 0 Å². The zero-order valence-corrected chi connectivity index (χ0v) is 11.0. The van der Waals surface area contributed by atoms with Crippen LogP contribution in [0.5, 0.6) is 0 Å². The van der Waals surface area contributed by atoms with Gasteiger partial charge in [-0.3, -0.25) is 4.79 Å². The summed E-state index contributed by atoms with van der Waals surface area (Å²) in [5.41, 5.74) is -0.484. The molecule has 1 fully saturated rings. The van der Waals surface area contributed by atoms with Gasteiger partial charge in [-0.05, 0) is 44.0 Å². The maximum atomic E-state index is 13.5. The van der Waals surface area contributed by atoms with E-state index in [1.807, 2.05) is 0 Å². The van der Waals surface area contributed by atoms with E-state index in [4.69, 9.17) is 5.11 Å². The van der Waals surface area contributed by atoms with Crippen molar-refractivity contribution in [2.45, 2.75) is 19.3 Å². The monoisotopic (exact) mass is 280 g/mol. The number of nitrogens with one attached hydrogen (secondary N) is 2. The van der Waals surface area contributed by atoms with Gasteiger partial charge in [0.1, 0.15) is 11.4 Å². The number of hydrogen-bond donors (Lipinski definition) is 3. The number of carboxylic acid groups (broad SMARTS) is 1. The smallest absolute Gasteiger partial charge is 0.340 e. The first kappa shape index (κ1) is 14.5. The Kier molecular flexibility index (Phi) is 4.68. The summed E-state index contributed by atoms with van der Waals surface area (Å²) in [6, 6.07) is 3.83. The van der Waals surface area contributed by atoms with Crippen molar-refractivity contribution < 1.29 is 19.1 Å². The second-order valence-corrected chi connectivity index (χ2v) is 4.91. The Morgan fingerprint density at radius 1 is 1.35 bits per heavy atom. The lowest BCUT2D eigenvalue weighted by Gasteiger charge is -2.22. The highest BCUT2D eigenvalue weighted by Gasteiger charge is 2.20. The number of piperidine rings is 1. The van der Waals surface area contributed by atoms with Crippen LogP contribution in [0.2, 0.25) is 0 Å². The molecule has 1 aromatic rings. The molecule has 1 aliphatic rings. The van der Waals surface area contributed by atoms with Crippen LogP contribution in [-0.4, -0.2) is 30.1 Å². The highest BCUT2D eigenvalue weighted by atomic mass is 19.1. The highest BCUT2D eigenvalue weighted by molar-refractivity contribution is 6.00. The Hall–Kier alpha value is -1.95. The van der Waals surface area contributed by atoms with E-state index < -0.39 is 17.3 Å². The van der Waals surface area contributed by atoms with Crippen molar-refractivity contribution in [1.82, 2.24) is 5.32 Å². The van der Waals surface area contributed by atoms with Crippen LogP contribution in [0.1, 0.15) is 29.6 Å². The standard InChI is InChI=1S/C14H17FN2O3/c15-10-2-1-3-11(13(10)14(19)20)17-12(18)8-9-4-6-16-7-5-9/h1-3,9,16H,4-8H2,(H,17,18)(H,19,20). The van der Waals surface area contributed by atoms with E-state index in [9.17, 15) is 14.0 Å². The number of anilines is 1. The van der Waals surface area contributed by atoms with Crippen molar-refractivity contribution in [2.24, 2.45) is 5.92 Å². The maximum Gasteiger partial charge on any atom is 0.340 e. The third-order valence-corrected chi connectivity index (χ3v) is 3.43. The third kappa shape index (κ3) is 3.54. The summed E-state index contributed by atoms with van der Waals surface area (Å²) in [4.78, 5) is 22.9. The molecule has 6 heteroatoms. The minimum Gasteiger partial charge on any atom is -0.478 e. The second-order valence-electron chi connectivity index (χ2n) is 4.91. The van der Waals surface area contributed by atoms with E-state index in [0.29, 0.717) is 6.42 Å². The van der Waals surface area contributed by atoms with Gasteiger partial charge in [-0.15, -0.1) is 0 Å². The topological polar surface area (TPSA) is 78.4 Å². The average Bonchev–Trinajstić information content (AvgIpc) is 2.39. The molecule has 0 radical (unpaired) electrons. The van der Waals surface area contributed by atoms with Gasteiger partial charge < -0.3 is 15.7 Å². The summed E-state index contributed by atoms with van der Waals surface area (Å²) in [5.74, 6) is -2.22. The lowest BCUT2D eigenvalue weighted by Crippen LogP contribution is -2.30. The molecule has 5 nitrogen and oxygen atoms in total. The fourth-order valence-corrected chi connectivity index (χ4v) is 2.39. The molecule has 108 valence electrons. The highest BCUT2D eigenvalue weighted by Crippen LogP contribution is 2.21. The maximum absolute atomic E-state index is 13.5. The zero-order valence-electron chi connectivity index (χ0n) is 11.0. The van der Waals surface area contributed by atoms with Gasteiger partial charge >= 0.3 is 5.97 Å². The Morgan fingerprint density at radius 2 is 2.05 bits per heavy atom. The largest absolute Gasteiger partial charge is 0.478 e. The molecule has 0 bridgehead atoms. The molecule has 20 heavy (non-hydrogen) atoms. The van der Waals surface area contributed by atoms with Gasteiger partial charge in [0.15, 0.2) is 0 Å². The molecular weight excluding hydrogens is 263 g/mol. The first-order valence-electron chi connectivity index (χ1n) is 6.60. The SMILES string of the molecule is O=C(CC1CCNCC1)Nc1cccc(F)c1C(=O)O. The number of halogens is 1. The summed E-state index contributed by atoms with van der Waals surface area (Å²) >= 11 is 0. The average molecular weight is 280 g/mol. The van der Waals surface area contributed by atoms with Gasteiger partial charge in [0, 0.05) is 6.42 Å². The van der Waals surface area contributed by atoms with Crippen molar-refractivity contribution in [1.29, 1.82) is 0 Å². The van der Waals surface area contributed by atoms with Gasteiger partial charge in [0.25, 0.3) is 0 Å². The van der Waals surface area contributed by atoms with Crippen molar-refractivity contribution in [3.8, 4) is 0 Å². The van der Waals surface area contributed by atoms with Crippen LogP contribution in [0.15, 0.2) is 18.2 Å². The molecule has 1 saturated heterocycles. The van der Waals surface area contributed by atoms with Crippen molar-refractivity contribution in [3.05, 3.63) is 29.6 Å². The molecule has 0 spiro atoms. The Bertz CT molecular complexity index is 513. The van der Waals surface area contributed by atoms with Crippen molar-refractivity contribution in [3.63, 3.8) is 0 Å². The summed E-state index contributed by atoms with van der Waals surface area (Å²) in [6.45, 7) is 1.77. The summed E-state index contributed by atoms with van der Waals surface area (Å²) in [5, 5.41) is 14.7. The van der Waals surface area contributed by atoms with Gasteiger partial charge in [-0.25, -0.2) is 9.18 Å². The van der Waals surface area contributed by atoms with E-state index in [-0.39, 0.29) is 17.5 Å². The molecule has 1 aromatic carbocycles. The number of amides is 1. The third-order valence-electron chi connectivity index (χ3n) is 3.43. The summed E-state index contributed by atoms with van der Waals surface area (Å²) < 4.78 is 13.5. The van der Waals surface area contributed by atoms with Gasteiger partial charge in [0.2, 0.25) is 5.91 Å². The van der Waals surface area contributed by atoms with Crippen molar-refractivity contribution >= 4 is 17.6 Å². The lowest BCUT2D eigenvalue weighted by atomic mass is 9.94. The van der Waals surface area contributed by atoms with Crippen LogP contribution < -0.4 is 10.6 Å². The van der Waals surface area contributed by atoms with Gasteiger partial charge in [0.05, 0.1) is 5.69 Å². The molecule has 0 atom stereocenters. The predicted molar refractivity (Wildman–Crippen MR) is 72.2 cm³/mol. The number of benzene rings is 1. The second kappa shape index (κ2) is 6.47. The summed E-state index contributed by atoms with van der Waals surface area (Å²) in [7, 11) is 0. The molecule has 0 aliphatic carbocycles. The van der Waals surface area contributed by atoms with E-state index in [1.54, 1.807) is 0 Å². The van der Waals surface area contributed by atoms with Gasteiger partial charge in [-0.2, -0.15) is 0 Å². The molecule has 1 aliphatic heterocycles. The number of carbonyl (C=O) groups excluding carboxylic acids is 1. The number of rotatable bonds is 4. The summed E-state index contributed by atoms with van der Waals surface area (Å²) in [6.07, 6.45) is 2.17. The van der Waals surface area contributed by atoms with Crippen LogP contribution in [0.4, 0.5) is 10.1 Å². The van der Waals surface area contributed by atoms with E-state index >= 15 is 0 Å². The zero-order chi connectivity index (χ0) is 14.5. The number of aromatic carboxylic acids is 1. The Balaban J connectivity index is 2.04. The predicted octanol–water partition coefficient (Wildman–Crippen LogP) is 1.85. The first-order chi connectivity index (χ1) is 9.58. The minimum absolute atomic E-state index is 0.0106. The fraction of sp³-hybridized carbons (Fsp3) is 0.429. The molecule has 1 heterocycles. The molecule has 0 aromatic heterocycles.